The fraction of sp³-hybridized carbons (Fsp3) is 1.00. The molecule has 2 saturated heterocycles. The highest BCUT2D eigenvalue weighted by atomic mass is 16.7. The summed E-state index contributed by atoms with van der Waals surface area (Å²) in [4.78, 5) is 0. The van der Waals surface area contributed by atoms with Gasteiger partial charge in [-0.05, 0) is 42.4 Å². The Morgan fingerprint density at radius 2 is 2.00 bits per heavy atom. The van der Waals surface area contributed by atoms with E-state index >= 15 is 0 Å². The molecule has 4 nitrogen and oxygen atoms in total. The summed E-state index contributed by atoms with van der Waals surface area (Å²) in [7, 11) is 1.73. The van der Waals surface area contributed by atoms with E-state index in [1.807, 2.05) is 0 Å². The third-order valence-corrected chi connectivity index (χ3v) is 6.74. The summed E-state index contributed by atoms with van der Waals surface area (Å²) in [6.45, 7) is 6.42. The van der Waals surface area contributed by atoms with Crippen LogP contribution in [0.15, 0.2) is 0 Å². The van der Waals surface area contributed by atoms with Crippen molar-refractivity contribution in [2.45, 2.75) is 64.1 Å². The topological polar surface area (TPSA) is 36.9 Å². The number of ether oxygens (including phenoxy) is 4. The second kappa shape index (κ2) is 5.19. The van der Waals surface area contributed by atoms with Crippen LogP contribution in [0, 0.1) is 23.2 Å². The van der Waals surface area contributed by atoms with Gasteiger partial charge in [-0.25, -0.2) is 0 Å². The SMILES string of the molecule is CO[C@@H]1C[C@H](OCC2CCC3CC2C3(C)C)[C@@H]2CO[C@H]1O2. The summed E-state index contributed by atoms with van der Waals surface area (Å²) in [5.74, 6) is 2.54. The van der Waals surface area contributed by atoms with Gasteiger partial charge in [-0.2, -0.15) is 0 Å². The molecule has 4 bridgehead atoms. The number of methoxy groups -OCH3 is 1. The minimum atomic E-state index is -0.180. The lowest BCUT2D eigenvalue weighted by Crippen LogP contribution is -2.54. The summed E-state index contributed by atoms with van der Waals surface area (Å²) in [5.41, 5.74) is 0.534. The van der Waals surface area contributed by atoms with Crippen molar-refractivity contribution in [2.75, 3.05) is 20.3 Å². The number of hydrogen-bond donors (Lipinski definition) is 0. The van der Waals surface area contributed by atoms with Gasteiger partial charge in [-0.15, -0.1) is 0 Å². The predicted molar refractivity (Wildman–Crippen MR) is 77.9 cm³/mol. The average molecular weight is 296 g/mol. The molecule has 120 valence electrons. The molecule has 0 aromatic heterocycles. The Balaban J connectivity index is 1.34. The maximum atomic E-state index is 6.29. The number of hydrogen-bond acceptors (Lipinski definition) is 4. The molecule has 3 saturated carbocycles. The third-order valence-electron chi connectivity index (χ3n) is 6.74. The van der Waals surface area contributed by atoms with E-state index in [0.717, 1.165) is 30.8 Å². The lowest BCUT2D eigenvalue weighted by molar-refractivity contribution is -0.207. The van der Waals surface area contributed by atoms with Crippen molar-refractivity contribution in [1.82, 2.24) is 0 Å². The molecule has 0 aromatic carbocycles. The lowest BCUT2D eigenvalue weighted by Gasteiger charge is -2.60. The number of fused-ring (bicyclic) bond motifs is 4. The first-order valence-corrected chi connectivity index (χ1v) is 8.51. The first-order chi connectivity index (χ1) is 10.1. The van der Waals surface area contributed by atoms with Crippen molar-refractivity contribution in [2.24, 2.45) is 23.2 Å². The van der Waals surface area contributed by atoms with Crippen LogP contribution in [0.5, 0.6) is 0 Å². The Morgan fingerprint density at radius 3 is 2.71 bits per heavy atom. The highest BCUT2D eigenvalue weighted by Crippen LogP contribution is 2.61. The van der Waals surface area contributed by atoms with Gasteiger partial charge in [0.15, 0.2) is 6.29 Å². The van der Waals surface area contributed by atoms with Crippen LogP contribution in [0.4, 0.5) is 0 Å². The van der Waals surface area contributed by atoms with Crippen molar-refractivity contribution < 1.29 is 18.9 Å². The van der Waals surface area contributed by atoms with Gasteiger partial charge in [0.2, 0.25) is 0 Å². The van der Waals surface area contributed by atoms with E-state index in [0.29, 0.717) is 12.0 Å². The zero-order valence-corrected chi connectivity index (χ0v) is 13.4. The van der Waals surface area contributed by atoms with Crippen molar-refractivity contribution in [3.8, 4) is 0 Å². The summed E-state index contributed by atoms with van der Waals surface area (Å²) >= 11 is 0. The largest absolute Gasteiger partial charge is 0.376 e. The Kier molecular flexibility index (Phi) is 3.57. The molecule has 7 atom stereocenters. The van der Waals surface area contributed by atoms with Gasteiger partial charge in [-0.3, -0.25) is 0 Å². The maximum Gasteiger partial charge on any atom is 0.184 e. The molecule has 5 fully saturated rings. The molecule has 2 aliphatic heterocycles. The van der Waals surface area contributed by atoms with Gasteiger partial charge < -0.3 is 18.9 Å². The van der Waals surface area contributed by atoms with Crippen LogP contribution in [0.3, 0.4) is 0 Å². The van der Waals surface area contributed by atoms with Crippen LogP contribution in [0.2, 0.25) is 0 Å². The van der Waals surface area contributed by atoms with Crippen LogP contribution in [0.25, 0.3) is 0 Å². The van der Waals surface area contributed by atoms with Crippen LogP contribution < -0.4 is 0 Å². The molecule has 5 aliphatic rings. The normalized spacial score (nSPS) is 50.7. The quantitative estimate of drug-likeness (QED) is 0.799. The fourth-order valence-corrected chi connectivity index (χ4v) is 5.11. The molecule has 5 rings (SSSR count). The van der Waals surface area contributed by atoms with Crippen molar-refractivity contribution in [3.63, 3.8) is 0 Å². The maximum absolute atomic E-state index is 6.29. The molecule has 4 heteroatoms. The molecule has 0 spiro atoms. The standard InChI is InChI=1S/C17H28O4/c1-17(2)11-5-4-10(12(17)6-11)8-19-13-7-14(18-3)16-20-9-15(13)21-16/h10-16H,4-9H2,1-3H3/t10?,11?,12?,13-,14+,15-,16-/m0/s1. The van der Waals surface area contributed by atoms with E-state index in [-0.39, 0.29) is 24.6 Å². The van der Waals surface area contributed by atoms with Gasteiger partial charge >= 0.3 is 0 Å². The van der Waals surface area contributed by atoms with E-state index in [4.69, 9.17) is 18.9 Å². The molecular formula is C17H28O4. The van der Waals surface area contributed by atoms with Gasteiger partial charge in [0, 0.05) is 13.5 Å². The van der Waals surface area contributed by atoms with E-state index in [1.54, 1.807) is 7.11 Å². The highest BCUT2D eigenvalue weighted by Gasteiger charge is 2.54. The van der Waals surface area contributed by atoms with E-state index in [2.05, 4.69) is 13.8 Å². The van der Waals surface area contributed by atoms with Crippen LogP contribution >= 0.6 is 0 Å². The second-order valence-corrected chi connectivity index (χ2v) is 7.96. The highest BCUT2D eigenvalue weighted by molar-refractivity contribution is 5.03. The Morgan fingerprint density at radius 1 is 1.14 bits per heavy atom. The molecule has 0 aromatic rings. The molecule has 3 unspecified atom stereocenters. The third kappa shape index (κ3) is 2.26. The first kappa shape index (κ1) is 14.4. The Labute approximate surface area is 127 Å². The van der Waals surface area contributed by atoms with Gasteiger partial charge in [0.05, 0.1) is 19.3 Å². The lowest BCUT2D eigenvalue weighted by atomic mass is 9.46. The van der Waals surface area contributed by atoms with Crippen molar-refractivity contribution in [3.05, 3.63) is 0 Å². The van der Waals surface area contributed by atoms with Crippen molar-refractivity contribution in [1.29, 1.82) is 0 Å². The smallest absolute Gasteiger partial charge is 0.184 e. The fourth-order valence-electron chi connectivity index (χ4n) is 5.11. The van der Waals surface area contributed by atoms with Crippen LogP contribution in [0.1, 0.15) is 39.5 Å². The zero-order valence-electron chi connectivity index (χ0n) is 13.4. The molecule has 0 amide bonds. The minimum absolute atomic E-state index is 0.0182. The second-order valence-electron chi connectivity index (χ2n) is 7.96. The average Bonchev–Trinajstić information content (AvgIpc) is 2.91. The number of rotatable bonds is 4. The predicted octanol–water partition coefficient (Wildman–Crippen LogP) is 2.60. The molecule has 3 aliphatic carbocycles. The Bertz CT molecular complexity index is 394. The Hall–Kier alpha value is -0.160. The van der Waals surface area contributed by atoms with Gasteiger partial charge in [-0.1, -0.05) is 13.8 Å². The van der Waals surface area contributed by atoms with E-state index in [1.165, 1.54) is 19.3 Å². The molecule has 0 N–H and O–H groups in total. The summed E-state index contributed by atoms with van der Waals surface area (Å²) in [6, 6.07) is 0. The first-order valence-electron chi connectivity index (χ1n) is 8.51. The van der Waals surface area contributed by atoms with Crippen LogP contribution in [-0.4, -0.2) is 44.9 Å². The van der Waals surface area contributed by atoms with Gasteiger partial charge in [0.25, 0.3) is 0 Å². The molecule has 21 heavy (non-hydrogen) atoms. The van der Waals surface area contributed by atoms with Gasteiger partial charge in [0.1, 0.15) is 12.2 Å². The summed E-state index contributed by atoms with van der Waals surface area (Å²) < 4.78 is 23.3. The van der Waals surface area contributed by atoms with E-state index in [9.17, 15) is 0 Å². The molecule has 0 radical (unpaired) electrons. The van der Waals surface area contributed by atoms with E-state index < -0.39 is 0 Å². The van der Waals surface area contributed by atoms with Crippen LogP contribution in [-0.2, 0) is 18.9 Å². The molecule has 2 heterocycles. The molecular weight excluding hydrogens is 268 g/mol. The summed E-state index contributed by atoms with van der Waals surface area (Å²) in [6.07, 6.45) is 5.11. The zero-order chi connectivity index (χ0) is 14.6. The monoisotopic (exact) mass is 296 g/mol. The summed E-state index contributed by atoms with van der Waals surface area (Å²) in [5, 5.41) is 0. The van der Waals surface area contributed by atoms with Crippen molar-refractivity contribution >= 4 is 0 Å². The minimum Gasteiger partial charge on any atom is -0.376 e.